The summed E-state index contributed by atoms with van der Waals surface area (Å²) < 4.78 is 74.3. The Labute approximate surface area is 162 Å². The molecule has 29 heavy (non-hydrogen) atoms. The number of nitrogens with zero attached hydrogens (tertiary/aromatic N) is 2. The van der Waals surface area contributed by atoms with Crippen LogP contribution in [-0.2, 0) is 17.5 Å². The number of carbonyl (C=O) groups excluding carboxylic acids is 1. The molecule has 0 aliphatic heterocycles. The number of aromatic nitrogens is 2. The average molecular weight is 419 g/mol. The third-order valence-electron chi connectivity index (χ3n) is 4.13. The van der Waals surface area contributed by atoms with Gasteiger partial charge in [0.15, 0.2) is 17.2 Å². The summed E-state index contributed by atoms with van der Waals surface area (Å²) in [5.41, 5.74) is -0.460. The van der Waals surface area contributed by atoms with E-state index in [4.69, 9.17) is 4.74 Å². The van der Waals surface area contributed by atoms with Gasteiger partial charge < -0.3 is 14.8 Å². The number of anilines is 1. The first kappa shape index (κ1) is 20.9. The van der Waals surface area contributed by atoms with E-state index in [-0.39, 0.29) is 29.7 Å². The van der Waals surface area contributed by atoms with Gasteiger partial charge in [0.05, 0.1) is 6.61 Å². The summed E-state index contributed by atoms with van der Waals surface area (Å²) in [6.45, 7) is -1.64. The molecule has 1 aliphatic carbocycles. The highest BCUT2D eigenvalue weighted by Gasteiger charge is 2.38. The average Bonchev–Trinajstić information content (AvgIpc) is 3.36. The van der Waals surface area contributed by atoms with E-state index in [1.165, 1.54) is 18.2 Å². The summed E-state index contributed by atoms with van der Waals surface area (Å²) >= 11 is 0. The second-order valence-corrected chi connectivity index (χ2v) is 6.41. The Morgan fingerprint density at radius 1 is 1.28 bits per heavy atom. The molecular weight excluding hydrogens is 401 g/mol. The van der Waals surface area contributed by atoms with Gasteiger partial charge in [0, 0.05) is 23.4 Å². The fourth-order valence-electron chi connectivity index (χ4n) is 2.79. The van der Waals surface area contributed by atoms with Crippen LogP contribution in [0.25, 0.3) is 0 Å². The zero-order valence-corrected chi connectivity index (χ0v) is 15.3. The standard InChI is InChI=1S/C18H18F5N3O3/c1-2-28-14-7-11(5-6-13(14)29-17(19)20)24-16(27)9-26-12(10-3-4-10)8-15(25-26)18(21,22)23/h5-8,10,17H,2-4,9H2,1H3,(H,24,27). The Hall–Kier alpha value is -2.85. The van der Waals surface area contributed by atoms with Crippen LogP contribution in [0.2, 0.25) is 0 Å². The van der Waals surface area contributed by atoms with Crippen molar-refractivity contribution in [2.45, 2.75) is 45.0 Å². The van der Waals surface area contributed by atoms with Crippen LogP contribution in [-0.4, -0.2) is 28.9 Å². The first-order valence-corrected chi connectivity index (χ1v) is 8.83. The van der Waals surface area contributed by atoms with E-state index in [2.05, 4.69) is 15.2 Å². The number of alkyl halides is 5. The van der Waals surface area contributed by atoms with Crippen LogP contribution >= 0.6 is 0 Å². The van der Waals surface area contributed by atoms with Gasteiger partial charge in [-0.2, -0.15) is 27.1 Å². The van der Waals surface area contributed by atoms with Gasteiger partial charge in [-0.15, -0.1) is 0 Å². The monoisotopic (exact) mass is 419 g/mol. The van der Waals surface area contributed by atoms with E-state index in [9.17, 15) is 26.7 Å². The fraction of sp³-hybridized carbons (Fsp3) is 0.444. The molecule has 1 aromatic heterocycles. The molecule has 11 heteroatoms. The highest BCUT2D eigenvalue weighted by molar-refractivity contribution is 5.91. The summed E-state index contributed by atoms with van der Waals surface area (Å²) in [5, 5.41) is 6.02. The topological polar surface area (TPSA) is 65.4 Å². The van der Waals surface area contributed by atoms with Crippen LogP contribution in [0.5, 0.6) is 11.5 Å². The quantitative estimate of drug-likeness (QED) is 0.644. The zero-order valence-electron chi connectivity index (χ0n) is 15.3. The minimum absolute atomic E-state index is 0.00252. The molecule has 158 valence electrons. The number of hydrogen-bond acceptors (Lipinski definition) is 4. The maximum atomic E-state index is 12.9. The summed E-state index contributed by atoms with van der Waals surface area (Å²) in [4.78, 5) is 12.3. The van der Waals surface area contributed by atoms with E-state index >= 15 is 0 Å². The summed E-state index contributed by atoms with van der Waals surface area (Å²) in [6.07, 6.45) is -3.11. The highest BCUT2D eigenvalue weighted by Crippen LogP contribution is 2.42. The maximum Gasteiger partial charge on any atom is 0.435 e. The lowest BCUT2D eigenvalue weighted by molar-refractivity contribution is -0.141. The fourth-order valence-corrected chi connectivity index (χ4v) is 2.79. The van der Waals surface area contributed by atoms with E-state index < -0.39 is 30.9 Å². The van der Waals surface area contributed by atoms with Gasteiger partial charge in [-0.05, 0) is 38.0 Å². The summed E-state index contributed by atoms with van der Waals surface area (Å²) in [5.74, 6) is -0.851. The molecule has 1 heterocycles. The van der Waals surface area contributed by atoms with Crippen molar-refractivity contribution in [3.8, 4) is 11.5 Å². The van der Waals surface area contributed by atoms with Crippen LogP contribution in [0.1, 0.15) is 37.1 Å². The number of benzene rings is 1. The van der Waals surface area contributed by atoms with Crippen molar-refractivity contribution >= 4 is 11.6 Å². The number of amides is 1. The second-order valence-electron chi connectivity index (χ2n) is 6.41. The number of nitrogens with one attached hydrogen (secondary N) is 1. The minimum Gasteiger partial charge on any atom is -0.490 e. The highest BCUT2D eigenvalue weighted by atomic mass is 19.4. The van der Waals surface area contributed by atoms with Crippen molar-refractivity contribution in [3.05, 3.63) is 35.7 Å². The summed E-state index contributed by atoms with van der Waals surface area (Å²) in [7, 11) is 0. The molecule has 1 fully saturated rings. The van der Waals surface area contributed by atoms with Crippen LogP contribution in [0.15, 0.2) is 24.3 Å². The van der Waals surface area contributed by atoms with Crippen LogP contribution in [0.3, 0.4) is 0 Å². The van der Waals surface area contributed by atoms with Crippen LogP contribution in [0, 0.1) is 0 Å². The number of halogens is 5. The van der Waals surface area contributed by atoms with Gasteiger partial charge in [-0.25, -0.2) is 0 Å². The molecule has 0 unspecified atom stereocenters. The van der Waals surface area contributed by atoms with Crippen molar-refractivity contribution in [3.63, 3.8) is 0 Å². The molecule has 1 aromatic carbocycles. The molecule has 0 radical (unpaired) electrons. The molecule has 0 spiro atoms. The first-order chi connectivity index (χ1) is 13.7. The Balaban J connectivity index is 1.74. The SMILES string of the molecule is CCOc1cc(NC(=O)Cn2nc(C(F)(F)F)cc2C2CC2)ccc1OC(F)F. The van der Waals surface area contributed by atoms with E-state index in [0.717, 1.165) is 23.6 Å². The van der Waals surface area contributed by atoms with Crippen LogP contribution < -0.4 is 14.8 Å². The molecule has 1 saturated carbocycles. The predicted octanol–water partition coefficient (Wildman–Crippen LogP) is 4.42. The van der Waals surface area contributed by atoms with Gasteiger partial charge in [0.25, 0.3) is 0 Å². The first-order valence-electron chi connectivity index (χ1n) is 8.83. The van der Waals surface area contributed by atoms with Crippen molar-refractivity contribution in [2.24, 2.45) is 0 Å². The van der Waals surface area contributed by atoms with E-state index in [1.54, 1.807) is 6.92 Å². The lowest BCUT2D eigenvalue weighted by Gasteiger charge is -2.13. The Bertz CT molecular complexity index is 878. The number of hydrogen-bond donors (Lipinski definition) is 1. The van der Waals surface area contributed by atoms with Crippen molar-refractivity contribution < 1.29 is 36.2 Å². The molecule has 3 rings (SSSR count). The number of carbonyl (C=O) groups is 1. The van der Waals surface area contributed by atoms with Gasteiger partial charge >= 0.3 is 12.8 Å². The van der Waals surface area contributed by atoms with Gasteiger partial charge in [0.1, 0.15) is 6.54 Å². The largest absolute Gasteiger partial charge is 0.490 e. The smallest absolute Gasteiger partial charge is 0.435 e. The van der Waals surface area contributed by atoms with Crippen LogP contribution in [0.4, 0.5) is 27.6 Å². The predicted molar refractivity (Wildman–Crippen MR) is 92.1 cm³/mol. The van der Waals surface area contributed by atoms with E-state index in [1.807, 2.05) is 0 Å². The third-order valence-corrected chi connectivity index (χ3v) is 4.13. The number of rotatable bonds is 8. The Kier molecular flexibility index (Phi) is 5.94. The molecular formula is C18H18F5N3O3. The third kappa shape index (κ3) is 5.36. The molecule has 6 nitrogen and oxygen atoms in total. The van der Waals surface area contributed by atoms with Gasteiger partial charge in [-0.3, -0.25) is 9.48 Å². The Morgan fingerprint density at radius 3 is 2.59 bits per heavy atom. The molecule has 0 saturated heterocycles. The molecule has 0 atom stereocenters. The number of ether oxygens (including phenoxy) is 2. The van der Waals surface area contributed by atoms with Crippen molar-refractivity contribution in [1.82, 2.24) is 9.78 Å². The minimum atomic E-state index is -4.60. The lowest BCUT2D eigenvalue weighted by Crippen LogP contribution is -2.21. The molecule has 2 aromatic rings. The molecule has 0 bridgehead atoms. The lowest BCUT2D eigenvalue weighted by atomic mass is 10.2. The molecule has 1 amide bonds. The maximum absolute atomic E-state index is 12.9. The Morgan fingerprint density at radius 2 is 2.00 bits per heavy atom. The van der Waals surface area contributed by atoms with Crippen molar-refractivity contribution in [1.29, 1.82) is 0 Å². The second kappa shape index (κ2) is 8.26. The molecule has 1 N–H and O–H groups in total. The zero-order chi connectivity index (χ0) is 21.2. The van der Waals surface area contributed by atoms with Gasteiger partial charge in [0.2, 0.25) is 5.91 Å². The molecule has 1 aliphatic rings. The van der Waals surface area contributed by atoms with Gasteiger partial charge in [-0.1, -0.05) is 0 Å². The summed E-state index contributed by atoms with van der Waals surface area (Å²) in [6, 6.07) is 4.79. The van der Waals surface area contributed by atoms with E-state index in [0.29, 0.717) is 5.69 Å². The normalized spacial score (nSPS) is 14.2. The van der Waals surface area contributed by atoms with Crippen molar-refractivity contribution in [2.75, 3.05) is 11.9 Å².